The molecule has 0 aromatic carbocycles. The van der Waals surface area contributed by atoms with Gasteiger partial charge in [0, 0.05) is 24.0 Å². The molecule has 2 fully saturated rings. The molecule has 1 aliphatic heterocycles. The molecule has 0 radical (unpaired) electrons. The molecular formula is C20H26Cl2N4OS. The van der Waals surface area contributed by atoms with Crippen LogP contribution in [0.1, 0.15) is 39.0 Å². The van der Waals surface area contributed by atoms with E-state index >= 15 is 0 Å². The average Bonchev–Trinajstić information content (AvgIpc) is 3.02. The van der Waals surface area contributed by atoms with Crippen LogP contribution in [0.25, 0.3) is 0 Å². The monoisotopic (exact) mass is 440 g/mol. The third kappa shape index (κ3) is 4.51. The van der Waals surface area contributed by atoms with E-state index in [9.17, 15) is 4.79 Å². The number of nitrogens with one attached hydrogen (secondary N) is 1. The van der Waals surface area contributed by atoms with Crippen LogP contribution in [0.3, 0.4) is 0 Å². The predicted octanol–water partition coefficient (Wildman–Crippen LogP) is 4.74. The van der Waals surface area contributed by atoms with Crippen molar-refractivity contribution in [2.45, 2.75) is 50.1 Å². The van der Waals surface area contributed by atoms with Gasteiger partial charge in [-0.15, -0.1) is 0 Å². The molecular weight excluding hydrogens is 415 g/mol. The molecule has 1 saturated carbocycles. The van der Waals surface area contributed by atoms with Crippen molar-refractivity contribution in [3.8, 4) is 0 Å². The number of nitrogens with zero attached hydrogens (tertiary/aromatic N) is 2. The highest BCUT2D eigenvalue weighted by Gasteiger charge is 2.43. The highest BCUT2D eigenvalue weighted by molar-refractivity contribution is 8.03. The largest absolute Gasteiger partial charge is 0.352 e. The molecule has 5 nitrogen and oxygen atoms in total. The predicted molar refractivity (Wildman–Crippen MR) is 119 cm³/mol. The van der Waals surface area contributed by atoms with Crippen molar-refractivity contribution in [3.63, 3.8) is 0 Å². The molecule has 3 N–H and O–H groups in total. The number of halogens is 2. The lowest BCUT2D eigenvalue weighted by Gasteiger charge is -2.42. The number of thioether (sulfide) groups is 1. The van der Waals surface area contributed by atoms with Crippen LogP contribution in [0, 0.1) is 5.41 Å². The molecule has 28 heavy (non-hydrogen) atoms. The summed E-state index contributed by atoms with van der Waals surface area (Å²) in [7, 11) is 0. The summed E-state index contributed by atoms with van der Waals surface area (Å²) in [6.45, 7) is 7.17. The molecule has 3 rings (SSSR count). The maximum Gasteiger partial charge on any atom is 0.291 e. The first kappa shape index (κ1) is 21.5. The van der Waals surface area contributed by atoms with E-state index in [4.69, 9.17) is 28.9 Å². The van der Waals surface area contributed by atoms with Crippen LogP contribution in [0.4, 0.5) is 5.82 Å². The number of aromatic nitrogens is 2. The van der Waals surface area contributed by atoms with E-state index in [1.807, 2.05) is 19.1 Å². The van der Waals surface area contributed by atoms with E-state index < -0.39 is 0 Å². The fraction of sp³-hybridized carbons (Fsp3) is 0.500. The molecule has 8 heteroatoms. The van der Waals surface area contributed by atoms with Crippen molar-refractivity contribution in [2.75, 3.05) is 18.0 Å². The normalized spacial score (nSPS) is 22.7. The number of aromatic amines is 1. The molecule has 0 amide bonds. The molecule has 0 bridgehead atoms. The lowest BCUT2D eigenvalue weighted by molar-refractivity contribution is 0.197. The van der Waals surface area contributed by atoms with E-state index in [1.165, 1.54) is 24.6 Å². The Bertz CT molecular complexity index is 856. The second-order valence-electron chi connectivity index (χ2n) is 7.43. The summed E-state index contributed by atoms with van der Waals surface area (Å²) in [5.41, 5.74) is 6.41. The summed E-state index contributed by atoms with van der Waals surface area (Å²) in [6.07, 6.45) is 10.9. The third-order valence-corrected chi connectivity index (χ3v) is 7.59. The summed E-state index contributed by atoms with van der Waals surface area (Å²) in [4.78, 5) is 22.8. The fourth-order valence-electron chi connectivity index (χ4n) is 4.16. The molecule has 1 aliphatic carbocycles. The fourth-order valence-corrected chi connectivity index (χ4v) is 5.40. The van der Waals surface area contributed by atoms with Gasteiger partial charge >= 0.3 is 0 Å². The van der Waals surface area contributed by atoms with Gasteiger partial charge < -0.3 is 15.6 Å². The Balaban J connectivity index is 1.74. The van der Waals surface area contributed by atoms with Crippen LogP contribution in [0.2, 0.25) is 0 Å². The number of nitrogens with two attached hydrogens (primary N) is 1. The first-order chi connectivity index (χ1) is 13.4. The molecule has 2 aliphatic rings. The van der Waals surface area contributed by atoms with Crippen molar-refractivity contribution < 1.29 is 0 Å². The number of allylic oxidation sites excluding steroid dienone is 4. The lowest BCUT2D eigenvalue weighted by atomic mass is 9.74. The smallest absolute Gasteiger partial charge is 0.291 e. The second kappa shape index (κ2) is 9.08. The first-order valence-corrected chi connectivity index (χ1v) is 11.1. The van der Waals surface area contributed by atoms with Gasteiger partial charge in [0.15, 0.2) is 5.82 Å². The van der Waals surface area contributed by atoms with E-state index in [2.05, 4.69) is 21.4 Å². The minimum absolute atomic E-state index is 0.197. The average molecular weight is 441 g/mol. The maximum absolute atomic E-state index is 12.7. The SMILES string of the molecule is C=C(Cl)/C(Cl)=C(\C=C/C)Sc1cnc(N2CCC3(CCCC3N)CC2)c(=O)[nH]1. The van der Waals surface area contributed by atoms with Gasteiger partial charge in [-0.05, 0) is 38.0 Å². The van der Waals surface area contributed by atoms with Crippen molar-refractivity contribution >= 4 is 40.8 Å². The number of piperidine rings is 1. The molecule has 1 spiro atoms. The highest BCUT2D eigenvalue weighted by Crippen LogP contribution is 2.45. The van der Waals surface area contributed by atoms with Crippen molar-refractivity contribution in [1.29, 1.82) is 0 Å². The lowest BCUT2D eigenvalue weighted by Crippen LogP contribution is -2.48. The zero-order valence-corrected chi connectivity index (χ0v) is 18.3. The van der Waals surface area contributed by atoms with E-state index in [-0.39, 0.29) is 22.0 Å². The van der Waals surface area contributed by atoms with Crippen LogP contribution < -0.4 is 16.2 Å². The highest BCUT2D eigenvalue weighted by atomic mass is 35.5. The van der Waals surface area contributed by atoms with Crippen LogP contribution in [0.15, 0.2) is 49.7 Å². The van der Waals surface area contributed by atoms with Gasteiger partial charge in [-0.3, -0.25) is 4.79 Å². The minimum Gasteiger partial charge on any atom is -0.352 e. The first-order valence-electron chi connectivity index (χ1n) is 9.51. The summed E-state index contributed by atoms with van der Waals surface area (Å²) in [5.74, 6) is 0.468. The van der Waals surface area contributed by atoms with E-state index in [0.29, 0.717) is 20.8 Å². The number of hydrogen-bond acceptors (Lipinski definition) is 5. The zero-order chi connectivity index (χ0) is 20.3. The van der Waals surface area contributed by atoms with Crippen molar-refractivity contribution in [3.05, 3.63) is 50.3 Å². The van der Waals surface area contributed by atoms with Crippen molar-refractivity contribution in [1.82, 2.24) is 9.97 Å². The van der Waals surface area contributed by atoms with E-state index in [1.54, 1.807) is 6.20 Å². The maximum atomic E-state index is 12.7. The van der Waals surface area contributed by atoms with Gasteiger partial charge in [0.2, 0.25) is 0 Å². The Morgan fingerprint density at radius 2 is 2.14 bits per heavy atom. The van der Waals surface area contributed by atoms with Crippen LogP contribution in [0.5, 0.6) is 0 Å². The molecule has 1 atom stereocenters. The van der Waals surface area contributed by atoms with Gasteiger partial charge in [0.05, 0.1) is 21.3 Å². The Morgan fingerprint density at radius 1 is 1.43 bits per heavy atom. The quantitative estimate of drug-likeness (QED) is 0.510. The molecule has 2 heterocycles. The zero-order valence-electron chi connectivity index (χ0n) is 16.0. The number of hydrogen-bond donors (Lipinski definition) is 2. The van der Waals surface area contributed by atoms with Crippen LogP contribution in [-0.4, -0.2) is 29.1 Å². The molecule has 1 unspecified atom stereocenters. The minimum atomic E-state index is -0.197. The second-order valence-corrected chi connectivity index (χ2v) is 9.35. The number of anilines is 1. The van der Waals surface area contributed by atoms with Gasteiger partial charge in [-0.1, -0.05) is 60.1 Å². The summed E-state index contributed by atoms with van der Waals surface area (Å²) < 4.78 is 0. The van der Waals surface area contributed by atoms with E-state index in [0.717, 1.165) is 32.4 Å². The molecule has 1 saturated heterocycles. The van der Waals surface area contributed by atoms with Gasteiger partial charge in [-0.2, -0.15) is 0 Å². The van der Waals surface area contributed by atoms with Crippen LogP contribution in [-0.2, 0) is 0 Å². The summed E-state index contributed by atoms with van der Waals surface area (Å²) >= 11 is 13.4. The Labute approximate surface area is 180 Å². The summed E-state index contributed by atoms with van der Waals surface area (Å²) in [6, 6.07) is 0.290. The molecule has 152 valence electrons. The third-order valence-electron chi connectivity index (χ3n) is 5.77. The number of rotatable bonds is 5. The topological polar surface area (TPSA) is 75.0 Å². The van der Waals surface area contributed by atoms with Gasteiger partial charge in [-0.25, -0.2) is 4.98 Å². The summed E-state index contributed by atoms with van der Waals surface area (Å²) in [5, 5.41) is 1.20. The number of H-pyrrole nitrogens is 1. The molecule has 1 aromatic rings. The Kier molecular flexibility index (Phi) is 6.97. The Morgan fingerprint density at radius 3 is 2.68 bits per heavy atom. The Hall–Kier alpha value is -1.21. The van der Waals surface area contributed by atoms with Gasteiger partial charge in [0.1, 0.15) is 0 Å². The van der Waals surface area contributed by atoms with Crippen molar-refractivity contribution in [2.24, 2.45) is 11.1 Å². The molecule has 1 aromatic heterocycles. The standard InChI is InChI=1S/C20H26Cl2N4OS/c1-3-5-14(17(22)13(2)21)28-16-12-24-18(19(27)25-16)26-10-8-20(9-11-26)7-4-6-15(20)23/h3,5,12,15H,2,4,6-11,23H2,1H3,(H,25,27)/b5-3-,17-14-. The van der Waals surface area contributed by atoms with Gasteiger partial charge in [0.25, 0.3) is 5.56 Å². The van der Waals surface area contributed by atoms with Crippen LogP contribution >= 0.6 is 35.0 Å².